The SMILES string of the molecule is C[C@H](c1ccccc1)N(C)C(=O)NCCNC(=O)c1ccn[nH]1. The molecule has 23 heavy (non-hydrogen) atoms. The van der Waals surface area contributed by atoms with Crippen LogP contribution in [0.3, 0.4) is 0 Å². The number of aromatic nitrogens is 2. The van der Waals surface area contributed by atoms with E-state index in [0.717, 1.165) is 5.56 Å². The van der Waals surface area contributed by atoms with Crippen LogP contribution in [0.2, 0.25) is 0 Å². The molecule has 7 heteroatoms. The van der Waals surface area contributed by atoms with Crippen molar-refractivity contribution in [2.24, 2.45) is 0 Å². The number of nitrogens with one attached hydrogen (secondary N) is 3. The molecule has 0 aliphatic heterocycles. The average Bonchev–Trinajstić information content (AvgIpc) is 3.12. The van der Waals surface area contributed by atoms with E-state index in [4.69, 9.17) is 0 Å². The van der Waals surface area contributed by atoms with Gasteiger partial charge in [0.2, 0.25) is 0 Å². The van der Waals surface area contributed by atoms with Crippen molar-refractivity contribution >= 4 is 11.9 Å². The molecule has 122 valence electrons. The molecule has 1 heterocycles. The van der Waals surface area contributed by atoms with E-state index in [-0.39, 0.29) is 18.0 Å². The van der Waals surface area contributed by atoms with E-state index in [9.17, 15) is 9.59 Å². The molecule has 3 amide bonds. The van der Waals surface area contributed by atoms with Gasteiger partial charge in [-0.05, 0) is 18.6 Å². The first-order chi connectivity index (χ1) is 11.1. The number of hydrogen-bond donors (Lipinski definition) is 3. The van der Waals surface area contributed by atoms with E-state index in [2.05, 4.69) is 20.8 Å². The molecule has 0 saturated carbocycles. The molecule has 1 atom stereocenters. The third-order valence-corrected chi connectivity index (χ3v) is 3.62. The Labute approximate surface area is 135 Å². The van der Waals surface area contributed by atoms with Crippen LogP contribution in [-0.2, 0) is 0 Å². The number of H-pyrrole nitrogens is 1. The minimum Gasteiger partial charge on any atom is -0.349 e. The van der Waals surface area contributed by atoms with Gasteiger partial charge in [0.25, 0.3) is 5.91 Å². The topological polar surface area (TPSA) is 90.1 Å². The van der Waals surface area contributed by atoms with Gasteiger partial charge in [-0.15, -0.1) is 0 Å². The third kappa shape index (κ3) is 4.57. The number of hydrogen-bond acceptors (Lipinski definition) is 3. The largest absolute Gasteiger partial charge is 0.349 e. The Morgan fingerprint density at radius 3 is 2.52 bits per heavy atom. The Morgan fingerprint density at radius 1 is 1.17 bits per heavy atom. The minimum absolute atomic E-state index is 0.0317. The second kappa shape index (κ2) is 7.98. The van der Waals surface area contributed by atoms with Crippen molar-refractivity contribution in [3.63, 3.8) is 0 Å². The fraction of sp³-hybridized carbons (Fsp3) is 0.312. The Balaban J connectivity index is 1.73. The number of rotatable bonds is 6. The summed E-state index contributed by atoms with van der Waals surface area (Å²) < 4.78 is 0. The van der Waals surface area contributed by atoms with E-state index in [1.54, 1.807) is 18.0 Å². The molecule has 0 radical (unpaired) electrons. The zero-order chi connectivity index (χ0) is 16.7. The molecule has 0 bridgehead atoms. The van der Waals surface area contributed by atoms with Crippen molar-refractivity contribution < 1.29 is 9.59 Å². The van der Waals surface area contributed by atoms with Gasteiger partial charge >= 0.3 is 6.03 Å². The maximum atomic E-state index is 12.1. The smallest absolute Gasteiger partial charge is 0.317 e. The van der Waals surface area contributed by atoms with Crippen molar-refractivity contribution in [3.8, 4) is 0 Å². The summed E-state index contributed by atoms with van der Waals surface area (Å²) in [7, 11) is 1.75. The first kappa shape index (κ1) is 16.5. The number of urea groups is 1. The number of nitrogens with zero attached hydrogens (tertiary/aromatic N) is 2. The van der Waals surface area contributed by atoms with Gasteiger partial charge in [-0.2, -0.15) is 5.10 Å². The van der Waals surface area contributed by atoms with Crippen LogP contribution < -0.4 is 10.6 Å². The van der Waals surface area contributed by atoms with Crippen LogP contribution in [0, 0.1) is 0 Å². The molecule has 1 aromatic heterocycles. The summed E-state index contributed by atoms with van der Waals surface area (Å²) in [6.07, 6.45) is 1.51. The van der Waals surface area contributed by atoms with E-state index in [1.165, 1.54) is 6.20 Å². The van der Waals surface area contributed by atoms with Gasteiger partial charge in [0.1, 0.15) is 5.69 Å². The number of carbonyl (C=O) groups is 2. The van der Waals surface area contributed by atoms with Crippen molar-refractivity contribution in [1.82, 2.24) is 25.7 Å². The standard InChI is InChI=1S/C16H21N5O2/c1-12(13-6-4-3-5-7-13)21(2)16(23)18-11-10-17-15(22)14-8-9-19-20-14/h3-9,12H,10-11H2,1-2H3,(H,17,22)(H,18,23)(H,19,20)/t12-/m1/s1. The maximum Gasteiger partial charge on any atom is 0.317 e. The van der Waals surface area contributed by atoms with E-state index < -0.39 is 0 Å². The quantitative estimate of drug-likeness (QED) is 0.706. The molecule has 0 aliphatic carbocycles. The van der Waals surface area contributed by atoms with Gasteiger partial charge in [-0.1, -0.05) is 30.3 Å². The highest BCUT2D eigenvalue weighted by atomic mass is 16.2. The van der Waals surface area contributed by atoms with E-state index in [0.29, 0.717) is 18.8 Å². The molecule has 1 aromatic carbocycles. The fourth-order valence-corrected chi connectivity index (χ4v) is 2.08. The molecule has 0 aliphatic rings. The van der Waals surface area contributed by atoms with Gasteiger partial charge in [0.05, 0.1) is 6.04 Å². The lowest BCUT2D eigenvalue weighted by Gasteiger charge is -2.25. The summed E-state index contributed by atoms with van der Waals surface area (Å²) in [5, 5.41) is 11.8. The lowest BCUT2D eigenvalue weighted by atomic mass is 10.1. The van der Waals surface area contributed by atoms with E-state index >= 15 is 0 Å². The second-order valence-electron chi connectivity index (χ2n) is 5.16. The summed E-state index contributed by atoms with van der Waals surface area (Å²) >= 11 is 0. The summed E-state index contributed by atoms with van der Waals surface area (Å²) in [6.45, 7) is 2.66. The Kier molecular flexibility index (Phi) is 5.74. The highest BCUT2D eigenvalue weighted by Crippen LogP contribution is 2.17. The normalized spacial score (nSPS) is 11.6. The average molecular weight is 315 g/mol. The third-order valence-electron chi connectivity index (χ3n) is 3.62. The van der Waals surface area contributed by atoms with Gasteiger partial charge in [-0.3, -0.25) is 9.89 Å². The molecule has 0 spiro atoms. The highest BCUT2D eigenvalue weighted by molar-refractivity contribution is 5.92. The van der Waals surface area contributed by atoms with Crippen LogP contribution in [0.4, 0.5) is 4.79 Å². The van der Waals surface area contributed by atoms with Crippen LogP contribution in [0.1, 0.15) is 29.0 Å². The van der Waals surface area contributed by atoms with Crippen LogP contribution in [0.25, 0.3) is 0 Å². The van der Waals surface area contributed by atoms with Crippen LogP contribution in [-0.4, -0.2) is 47.2 Å². The first-order valence-corrected chi connectivity index (χ1v) is 7.42. The number of amides is 3. The zero-order valence-electron chi connectivity index (χ0n) is 13.2. The van der Waals surface area contributed by atoms with Gasteiger partial charge in [0, 0.05) is 26.3 Å². The lowest BCUT2D eigenvalue weighted by molar-refractivity contribution is 0.0948. The summed E-state index contributed by atoms with van der Waals surface area (Å²) in [5.41, 5.74) is 1.46. The molecule has 0 unspecified atom stereocenters. The molecule has 0 fully saturated rings. The lowest BCUT2D eigenvalue weighted by Crippen LogP contribution is -2.42. The van der Waals surface area contributed by atoms with Crippen LogP contribution >= 0.6 is 0 Å². The van der Waals surface area contributed by atoms with Crippen LogP contribution in [0.5, 0.6) is 0 Å². The number of aromatic amines is 1. The molecular formula is C16H21N5O2. The maximum absolute atomic E-state index is 12.1. The molecule has 2 aromatic rings. The number of carbonyl (C=O) groups excluding carboxylic acids is 2. The van der Waals surface area contributed by atoms with Gasteiger partial charge in [0.15, 0.2) is 0 Å². The fourth-order valence-electron chi connectivity index (χ4n) is 2.08. The zero-order valence-corrected chi connectivity index (χ0v) is 13.2. The molecular weight excluding hydrogens is 294 g/mol. The monoisotopic (exact) mass is 315 g/mol. The van der Waals surface area contributed by atoms with E-state index in [1.807, 2.05) is 37.3 Å². The predicted molar refractivity (Wildman–Crippen MR) is 86.9 cm³/mol. The number of benzene rings is 1. The predicted octanol–water partition coefficient (Wildman–Crippen LogP) is 1.54. The minimum atomic E-state index is -0.247. The van der Waals surface area contributed by atoms with Crippen molar-refractivity contribution in [1.29, 1.82) is 0 Å². The first-order valence-electron chi connectivity index (χ1n) is 7.42. The molecule has 0 saturated heterocycles. The Hall–Kier alpha value is -2.83. The summed E-state index contributed by atoms with van der Waals surface area (Å²) in [6, 6.07) is 11.2. The highest BCUT2D eigenvalue weighted by Gasteiger charge is 2.16. The van der Waals surface area contributed by atoms with Gasteiger partial charge in [-0.25, -0.2) is 4.79 Å². The Bertz CT molecular complexity index is 627. The summed E-state index contributed by atoms with van der Waals surface area (Å²) in [5.74, 6) is -0.247. The molecule has 3 N–H and O–H groups in total. The van der Waals surface area contributed by atoms with Gasteiger partial charge < -0.3 is 15.5 Å². The van der Waals surface area contributed by atoms with Crippen molar-refractivity contribution in [2.45, 2.75) is 13.0 Å². The van der Waals surface area contributed by atoms with Crippen molar-refractivity contribution in [2.75, 3.05) is 20.1 Å². The molecule has 2 rings (SSSR count). The molecule has 7 nitrogen and oxygen atoms in total. The second-order valence-corrected chi connectivity index (χ2v) is 5.16. The summed E-state index contributed by atoms with van der Waals surface area (Å²) in [4.78, 5) is 25.4. The Morgan fingerprint density at radius 2 is 1.87 bits per heavy atom. The van der Waals surface area contributed by atoms with Crippen molar-refractivity contribution in [3.05, 3.63) is 53.9 Å². The van der Waals surface area contributed by atoms with Crippen LogP contribution in [0.15, 0.2) is 42.6 Å².